The molecule has 0 aromatic carbocycles. The highest BCUT2D eigenvalue weighted by molar-refractivity contribution is 9.10. The van der Waals surface area contributed by atoms with Crippen molar-refractivity contribution in [3.05, 3.63) is 28.6 Å². The van der Waals surface area contributed by atoms with Crippen molar-refractivity contribution in [1.29, 1.82) is 0 Å². The number of nitrogens with one attached hydrogen (secondary N) is 1. The van der Waals surface area contributed by atoms with Crippen LogP contribution in [0.3, 0.4) is 0 Å². The summed E-state index contributed by atoms with van der Waals surface area (Å²) >= 11 is 3.37. The van der Waals surface area contributed by atoms with Crippen molar-refractivity contribution in [1.82, 2.24) is 25.1 Å². The van der Waals surface area contributed by atoms with E-state index < -0.39 is 0 Å². The van der Waals surface area contributed by atoms with E-state index in [0.29, 0.717) is 18.4 Å². The molecule has 17 heavy (non-hydrogen) atoms. The van der Waals surface area contributed by atoms with Crippen molar-refractivity contribution in [2.24, 2.45) is 7.05 Å². The van der Waals surface area contributed by atoms with Crippen LogP contribution in [0.25, 0.3) is 0 Å². The van der Waals surface area contributed by atoms with Crippen LogP contribution in [-0.4, -0.2) is 26.8 Å². The third-order valence-electron chi connectivity index (χ3n) is 2.03. The van der Waals surface area contributed by atoms with Gasteiger partial charge in [-0.25, -0.2) is 4.98 Å². The zero-order chi connectivity index (χ0) is 12.3. The van der Waals surface area contributed by atoms with Crippen LogP contribution in [0.5, 0.6) is 11.9 Å². The molecule has 0 aliphatic carbocycles. The molecule has 2 aromatic rings. The predicted octanol–water partition coefficient (Wildman–Crippen LogP) is 1.48. The second-order valence-corrected chi connectivity index (χ2v) is 4.37. The van der Waals surface area contributed by atoms with Crippen LogP contribution >= 0.6 is 15.9 Å². The fourth-order valence-corrected chi connectivity index (χ4v) is 1.71. The number of aryl methyl sites for hydroxylation is 1. The Bertz CT molecular complexity index is 513. The zero-order valence-electron chi connectivity index (χ0n) is 9.51. The lowest BCUT2D eigenvalue weighted by molar-refractivity contribution is 0.415. The normalized spacial score (nSPS) is 10.5. The smallest absolute Gasteiger partial charge is 0.342 e. The first-order valence-electron chi connectivity index (χ1n) is 5.01. The van der Waals surface area contributed by atoms with Crippen LogP contribution in [0.2, 0.25) is 0 Å². The summed E-state index contributed by atoms with van der Waals surface area (Å²) in [5, 5.41) is 7.10. The second-order valence-electron chi connectivity index (χ2n) is 3.45. The quantitative estimate of drug-likeness (QED) is 0.926. The number of rotatable bonds is 4. The van der Waals surface area contributed by atoms with E-state index in [-0.39, 0.29) is 0 Å². The molecule has 2 heterocycles. The molecule has 1 N–H and O–H groups in total. The summed E-state index contributed by atoms with van der Waals surface area (Å²) in [6.45, 7) is 0.661. The number of halogens is 1. The van der Waals surface area contributed by atoms with Crippen LogP contribution in [0, 0.1) is 0 Å². The van der Waals surface area contributed by atoms with Gasteiger partial charge in [-0.05, 0) is 29.0 Å². The van der Waals surface area contributed by atoms with E-state index in [1.807, 2.05) is 13.1 Å². The Morgan fingerprint density at radius 3 is 2.94 bits per heavy atom. The van der Waals surface area contributed by atoms with Gasteiger partial charge in [0.25, 0.3) is 0 Å². The third-order valence-corrected chi connectivity index (χ3v) is 2.46. The van der Waals surface area contributed by atoms with Gasteiger partial charge in [0, 0.05) is 29.8 Å². The number of ether oxygens (including phenoxy) is 1. The largest absolute Gasteiger partial charge is 0.404 e. The molecule has 0 aliphatic rings. The monoisotopic (exact) mass is 297 g/mol. The minimum atomic E-state index is 0.291. The van der Waals surface area contributed by atoms with E-state index in [1.165, 1.54) is 0 Å². The lowest BCUT2D eigenvalue weighted by Gasteiger charge is -2.07. The minimum absolute atomic E-state index is 0.291. The van der Waals surface area contributed by atoms with Gasteiger partial charge in [-0.1, -0.05) is 0 Å². The van der Waals surface area contributed by atoms with Crippen molar-refractivity contribution in [3.8, 4) is 11.9 Å². The maximum absolute atomic E-state index is 5.52. The second kappa shape index (κ2) is 5.24. The summed E-state index contributed by atoms with van der Waals surface area (Å²) in [6.07, 6.45) is 3.25. The zero-order valence-corrected chi connectivity index (χ0v) is 11.1. The first-order chi connectivity index (χ1) is 8.19. The molecule has 6 nitrogen and oxygen atoms in total. The first kappa shape index (κ1) is 12.0. The molecule has 0 saturated carbocycles. The highest BCUT2D eigenvalue weighted by Crippen LogP contribution is 2.23. The van der Waals surface area contributed by atoms with Crippen molar-refractivity contribution >= 4 is 15.9 Å². The van der Waals surface area contributed by atoms with Gasteiger partial charge in [-0.15, -0.1) is 5.10 Å². The fourth-order valence-electron chi connectivity index (χ4n) is 1.33. The Balaban J connectivity index is 2.25. The van der Waals surface area contributed by atoms with E-state index in [9.17, 15) is 0 Å². The Hall–Kier alpha value is -1.47. The van der Waals surface area contributed by atoms with Gasteiger partial charge < -0.3 is 10.1 Å². The van der Waals surface area contributed by atoms with Crippen LogP contribution in [-0.2, 0) is 13.6 Å². The molecule has 0 amide bonds. The summed E-state index contributed by atoms with van der Waals surface area (Å²) in [5.41, 5.74) is 0.939. The Morgan fingerprint density at radius 1 is 1.47 bits per heavy atom. The summed E-state index contributed by atoms with van der Waals surface area (Å²) in [7, 11) is 3.65. The summed E-state index contributed by atoms with van der Waals surface area (Å²) in [6, 6.07) is 2.24. The van der Waals surface area contributed by atoms with E-state index >= 15 is 0 Å². The molecule has 2 rings (SSSR count). The van der Waals surface area contributed by atoms with Gasteiger partial charge in [0.2, 0.25) is 5.88 Å². The van der Waals surface area contributed by atoms with Crippen molar-refractivity contribution in [3.63, 3.8) is 0 Å². The number of pyridine rings is 1. The van der Waals surface area contributed by atoms with Crippen LogP contribution < -0.4 is 10.1 Å². The summed E-state index contributed by atoms with van der Waals surface area (Å²) in [5.74, 6) is 0.508. The molecule has 0 spiro atoms. The van der Waals surface area contributed by atoms with E-state index in [0.717, 1.165) is 10.0 Å². The molecule has 0 saturated heterocycles. The van der Waals surface area contributed by atoms with Crippen molar-refractivity contribution in [2.75, 3.05) is 7.05 Å². The lowest BCUT2D eigenvalue weighted by Crippen LogP contribution is -2.07. The SMILES string of the molecule is CNCc1cc(Br)cnc1Oc1ncn(C)n1. The molecule has 0 fully saturated rings. The Kier molecular flexibility index (Phi) is 3.70. The summed E-state index contributed by atoms with van der Waals surface area (Å²) in [4.78, 5) is 8.20. The van der Waals surface area contributed by atoms with Crippen LogP contribution in [0.4, 0.5) is 0 Å². The van der Waals surface area contributed by atoms with Gasteiger partial charge in [-0.3, -0.25) is 4.68 Å². The predicted molar refractivity (Wildman–Crippen MR) is 65.8 cm³/mol. The van der Waals surface area contributed by atoms with E-state index in [4.69, 9.17) is 4.74 Å². The maximum atomic E-state index is 5.52. The molecular weight excluding hydrogens is 286 g/mol. The summed E-state index contributed by atoms with van der Waals surface area (Å²) < 4.78 is 8.00. The standard InChI is InChI=1S/C10H12BrN5O/c1-12-4-7-3-8(11)5-13-9(7)17-10-14-6-16(2)15-10/h3,5-6,12H,4H2,1-2H3. The number of nitrogens with zero attached hydrogens (tertiary/aromatic N) is 4. The van der Waals surface area contributed by atoms with Gasteiger partial charge >= 0.3 is 6.01 Å². The molecule has 90 valence electrons. The molecule has 0 atom stereocenters. The van der Waals surface area contributed by atoms with Crippen molar-refractivity contribution < 1.29 is 4.74 Å². The van der Waals surface area contributed by atoms with Gasteiger partial charge in [0.15, 0.2) is 0 Å². The maximum Gasteiger partial charge on any atom is 0.342 e. The Morgan fingerprint density at radius 2 is 2.29 bits per heavy atom. The highest BCUT2D eigenvalue weighted by atomic mass is 79.9. The van der Waals surface area contributed by atoms with Gasteiger partial charge in [0.1, 0.15) is 6.33 Å². The molecule has 2 aromatic heterocycles. The van der Waals surface area contributed by atoms with Gasteiger partial charge in [0.05, 0.1) is 0 Å². The van der Waals surface area contributed by atoms with Crippen LogP contribution in [0.1, 0.15) is 5.56 Å². The number of hydrogen-bond donors (Lipinski definition) is 1. The molecule has 0 radical (unpaired) electrons. The van der Waals surface area contributed by atoms with Crippen LogP contribution in [0.15, 0.2) is 23.1 Å². The average Bonchev–Trinajstić information content (AvgIpc) is 2.69. The lowest BCUT2D eigenvalue weighted by atomic mass is 10.3. The number of aromatic nitrogens is 4. The highest BCUT2D eigenvalue weighted by Gasteiger charge is 2.09. The third kappa shape index (κ3) is 3.01. The first-order valence-corrected chi connectivity index (χ1v) is 5.81. The molecular formula is C10H12BrN5O. The fraction of sp³-hybridized carbons (Fsp3) is 0.300. The minimum Gasteiger partial charge on any atom is -0.404 e. The van der Waals surface area contributed by atoms with E-state index in [2.05, 4.69) is 36.3 Å². The number of hydrogen-bond acceptors (Lipinski definition) is 5. The molecule has 0 bridgehead atoms. The average molecular weight is 298 g/mol. The molecule has 0 aliphatic heterocycles. The van der Waals surface area contributed by atoms with Gasteiger partial charge in [-0.2, -0.15) is 4.98 Å². The molecule has 7 heteroatoms. The Labute approximate surface area is 107 Å². The topological polar surface area (TPSA) is 64.9 Å². The molecule has 0 unspecified atom stereocenters. The van der Waals surface area contributed by atoms with Crippen molar-refractivity contribution in [2.45, 2.75) is 6.54 Å². The van der Waals surface area contributed by atoms with E-state index in [1.54, 1.807) is 24.3 Å².